The number of nitrogens with one attached hydrogen (secondary N) is 1. The Morgan fingerprint density at radius 2 is 1.74 bits per heavy atom. The van der Waals surface area contributed by atoms with Crippen LogP contribution in [0.1, 0.15) is 29.3 Å². The molecule has 1 N–H and O–H groups in total. The molecule has 0 aliphatic heterocycles. The Morgan fingerprint density at radius 3 is 2.45 bits per heavy atom. The van der Waals surface area contributed by atoms with Gasteiger partial charge in [0.25, 0.3) is 5.56 Å². The third kappa shape index (κ3) is 3.77. The molecule has 0 saturated heterocycles. The maximum absolute atomic E-state index is 13.0. The monoisotopic (exact) mass is 414 g/mol. The number of aromatic nitrogens is 3. The second-order valence-electron chi connectivity index (χ2n) is 7.79. The Bertz CT molecular complexity index is 1330. The third-order valence-electron chi connectivity index (χ3n) is 5.60. The van der Waals surface area contributed by atoms with Gasteiger partial charge >= 0.3 is 0 Å². The van der Waals surface area contributed by atoms with Crippen LogP contribution in [0.25, 0.3) is 16.7 Å². The highest BCUT2D eigenvalue weighted by Gasteiger charge is 2.19. The van der Waals surface area contributed by atoms with Crippen molar-refractivity contribution < 1.29 is 4.79 Å². The summed E-state index contributed by atoms with van der Waals surface area (Å²) >= 11 is 0. The fourth-order valence-corrected chi connectivity index (χ4v) is 4.09. The van der Waals surface area contributed by atoms with Gasteiger partial charge in [0.05, 0.1) is 11.4 Å². The maximum atomic E-state index is 13.0. The number of amides is 1. The van der Waals surface area contributed by atoms with Crippen LogP contribution >= 0.6 is 0 Å². The van der Waals surface area contributed by atoms with Gasteiger partial charge in [-0.3, -0.25) is 14.2 Å². The van der Waals surface area contributed by atoms with Crippen LogP contribution in [0.2, 0.25) is 0 Å². The van der Waals surface area contributed by atoms with Gasteiger partial charge in [-0.1, -0.05) is 43.3 Å². The smallest absolute Gasteiger partial charge is 0.252 e. The van der Waals surface area contributed by atoms with Crippen molar-refractivity contribution in [3.05, 3.63) is 87.3 Å². The fraction of sp³-hybridized carbons (Fsp3) is 0.240. The van der Waals surface area contributed by atoms with Crippen LogP contribution in [0.5, 0.6) is 0 Å². The van der Waals surface area contributed by atoms with Crippen molar-refractivity contribution in [3.8, 4) is 5.69 Å². The van der Waals surface area contributed by atoms with Gasteiger partial charge in [-0.15, -0.1) is 0 Å². The molecule has 0 aliphatic rings. The minimum atomic E-state index is -0.241. The van der Waals surface area contributed by atoms with E-state index in [1.165, 1.54) is 4.57 Å². The summed E-state index contributed by atoms with van der Waals surface area (Å²) in [7, 11) is 0. The summed E-state index contributed by atoms with van der Waals surface area (Å²) in [5.74, 6) is -0.241. The van der Waals surface area contributed by atoms with Gasteiger partial charge in [-0.2, -0.15) is 5.10 Å². The van der Waals surface area contributed by atoms with E-state index in [1.807, 2.05) is 69.3 Å². The lowest BCUT2D eigenvalue weighted by molar-refractivity contribution is -0.116. The normalized spacial score (nSPS) is 11.1. The maximum Gasteiger partial charge on any atom is 0.252 e. The van der Waals surface area contributed by atoms with Gasteiger partial charge in [-0.25, -0.2) is 4.68 Å². The lowest BCUT2D eigenvalue weighted by Crippen LogP contribution is -2.29. The average molecular weight is 415 g/mol. The molecule has 31 heavy (non-hydrogen) atoms. The third-order valence-corrected chi connectivity index (χ3v) is 5.60. The molecule has 0 radical (unpaired) electrons. The lowest BCUT2D eigenvalue weighted by atomic mass is 10.1. The molecule has 0 atom stereocenters. The number of carbonyl (C=O) groups excluding carboxylic acids is 1. The Labute approximate surface area is 181 Å². The van der Waals surface area contributed by atoms with E-state index in [1.54, 1.807) is 10.7 Å². The molecule has 4 aromatic rings. The van der Waals surface area contributed by atoms with Crippen LogP contribution in [0, 0.1) is 20.8 Å². The number of hydrogen-bond acceptors (Lipinski definition) is 3. The highest BCUT2D eigenvalue weighted by molar-refractivity contribution is 5.93. The first-order valence-electron chi connectivity index (χ1n) is 10.4. The van der Waals surface area contributed by atoms with Crippen molar-refractivity contribution in [3.63, 3.8) is 0 Å². The summed E-state index contributed by atoms with van der Waals surface area (Å²) in [6, 6.07) is 17.2. The number of carbonyl (C=O) groups is 1. The van der Waals surface area contributed by atoms with Gasteiger partial charge in [0.2, 0.25) is 5.91 Å². The van der Waals surface area contributed by atoms with E-state index >= 15 is 0 Å². The Kier molecular flexibility index (Phi) is 5.46. The van der Waals surface area contributed by atoms with Crippen molar-refractivity contribution in [1.29, 1.82) is 0 Å². The zero-order valence-corrected chi connectivity index (χ0v) is 18.3. The SMILES string of the molecule is CCc1cccc(C)c1NC(=O)Cn1c(=O)cc(C)c2c(C)nn(-c3ccccc3)c21. The van der Waals surface area contributed by atoms with Crippen LogP contribution in [-0.4, -0.2) is 20.3 Å². The van der Waals surface area contributed by atoms with E-state index < -0.39 is 0 Å². The quantitative estimate of drug-likeness (QED) is 0.529. The molecule has 2 aromatic heterocycles. The molecule has 0 spiro atoms. The molecule has 2 heterocycles. The van der Waals surface area contributed by atoms with E-state index in [9.17, 15) is 9.59 Å². The molecule has 6 nitrogen and oxygen atoms in total. The molecule has 0 aliphatic carbocycles. The summed E-state index contributed by atoms with van der Waals surface area (Å²) in [4.78, 5) is 26.0. The van der Waals surface area contributed by atoms with Crippen molar-refractivity contribution in [1.82, 2.24) is 14.3 Å². The first-order valence-corrected chi connectivity index (χ1v) is 10.4. The van der Waals surface area contributed by atoms with Gasteiger partial charge in [0, 0.05) is 17.1 Å². The first-order chi connectivity index (χ1) is 14.9. The van der Waals surface area contributed by atoms with Crippen LogP contribution in [0.15, 0.2) is 59.4 Å². The molecule has 0 bridgehead atoms. The number of nitrogens with zero attached hydrogens (tertiary/aromatic N) is 3. The molecule has 2 aromatic carbocycles. The number of para-hydroxylation sites is 2. The zero-order chi connectivity index (χ0) is 22.1. The van der Waals surface area contributed by atoms with E-state index in [2.05, 4.69) is 17.3 Å². The van der Waals surface area contributed by atoms with Gasteiger partial charge in [0.15, 0.2) is 0 Å². The second-order valence-corrected chi connectivity index (χ2v) is 7.79. The predicted octanol–water partition coefficient (Wildman–Crippen LogP) is 4.31. The highest BCUT2D eigenvalue weighted by atomic mass is 16.2. The average Bonchev–Trinajstić information content (AvgIpc) is 3.10. The van der Waals surface area contributed by atoms with Crippen LogP contribution < -0.4 is 10.9 Å². The fourth-order valence-electron chi connectivity index (χ4n) is 4.09. The topological polar surface area (TPSA) is 68.9 Å². The Morgan fingerprint density at radius 1 is 1.00 bits per heavy atom. The number of fused-ring (bicyclic) bond motifs is 1. The van der Waals surface area contributed by atoms with E-state index in [0.717, 1.165) is 45.6 Å². The van der Waals surface area contributed by atoms with E-state index in [4.69, 9.17) is 0 Å². The highest BCUT2D eigenvalue weighted by Crippen LogP contribution is 2.24. The number of benzene rings is 2. The molecule has 1 amide bonds. The molecule has 0 saturated carbocycles. The van der Waals surface area contributed by atoms with Gasteiger partial charge < -0.3 is 5.32 Å². The molecule has 0 fully saturated rings. The van der Waals surface area contributed by atoms with Crippen LogP contribution in [0.4, 0.5) is 5.69 Å². The molecular weight excluding hydrogens is 388 g/mol. The van der Waals surface area contributed by atoms with Crippen LogP contribution in [0.3, 0.4) is 0 Å². The number of pyridine rings is 1. The van der Waals surface area contributed by atoms with Crippen LogP contribution in [-0.2, 0) is 17.8 Å². The summed E-state index contributed by atoms with van der Waals surface area (Å²) in [6.07, 6.45) is 0.811. The first kappa shape index (κ1) is 20.6. The molecule has 6 heteroatoms. The Balaban J connectivity index is 1.81. The second kappa shape index (κ2) is 8.22. The standard InChI is InChI=1S/C25H26N4O2/c1-5-19-11-9-10-16(2)24(19)26-21(30)15-28-22(31)14-17(3)23-18(4)27-29(25(23)28)20-12-7-6-8-13-20/h6-14H,5,15H2,1-4H3,(H,26,30). The number of aryl methyl sites for hydroxylation is 4. The summed E-state index contributed by atoms with van der Waals surface area (Å²) in [5, 5.41) is 8.59. The molecule has 0 unspecified atom stereocenters. The van der Waals surface area contributed by atoms with Gasteiger partial charge in [-0.05, 0) is 56.0 Å². The minimum Gasteiger partial charge on any atom is -0.324 e. The predicted molar refractivity (Wildman–Crippen MR) is 124 cm³/mol. The summed E-state index contributed by atoms with van der Waals surface area (Å²) in [5.41, 5.74) is 5.80. The number of hydrogen-bond donors (Lipinski definition) is 1. The number of rotatable bonds is 5. The number of anilines is 1. The molecule has 158 valence electrons. The molecular formula is C25H26N4O2. The summed E-state index contributed by atoms with van der Waals surface area (Å²) < 4.78 is 3.26. The van der Waals surface area contributed by atoms with Crippen molar-refractivity contribution >= 4 is 22.6 Å². The summed E-state index contributed by atoms with van der Waals surface area (Å²) in [6.45, 7) is 7.76. The molecule has 4 rings (SSSR count). The minimum absolute atomic E-state index is 0.0922. The largest absolute Gasteiger partial charge is 0.324 e. The van der Waals surface area contributed by atoms with E-state index in [0.29, 0.717) is 5.65 Å². The lowest BCUT2D eigenvalue weighted by Gasteiger charge is -2.15. The van der Waals surface area contributed by atoms with Crippen molar-refractivity contribution in [2.45, 2.75) is 40.7 Å². The zero-order valence-electron chi connectivity index (χ0n) is 18.3. The van der Waals surface area contributed by atoms with E-state index in [-0.39, 0.29) is 18.0 Å². The van der Waals surface area contributed by atoms with Crippen molar-refractivity contribution in [2.24, 2.45) is 0 Å². The van der Waals surface area contributed by atoms with Crippen molar-refractivity contribution in [2.75, 3.05) is 5.32 Å². The Hall–Kier alpha value is -3.67. The van der Waals surface area contributed by atoms with Gasteiger partial charge in [0.1, 0.15) is 12.2 Å².